The normalized spacial score (nSPS) is 10.3. The molecule has 0 spiro atoms. The van der Waals surface area contributed by atoms with Gasteiger partial charge < -0.3 is 10.2 Å². The van der Waals surface area contributed by atoms with Gasteiger partial charge in [-0.15, -0.1) is 0 Å². The summed E-state index contributed by atoms with van der Waals surface area (Å²) in [5.74, 6) is -0.481. The van der Waals surface area contributed by atoms with E-state index in [4.69, 9.17) is 23.2 Å². The molecule has 0 bridgehead atoms. The van der Waals surface area contributed by atoms with Crippen LogP contribution in [0.5, 0.6) is 0 Å². The molecule has 2 amide bonds. The fourth-order valence-corrected chi connectivity index (χ4v) is 2.72. The van der Waals surface area contributed by atoms with Gasteiger partial charge in [-0.05, 0) is 30.7 Å². The fraction of sp³-hybridized carbons (Fsp3) is 0.222. The smallest absolute Gasteiger partial charge is 0.244 e. The first-order valence-corrected chi connectivity index (χ1v) is 8.16. The van der Waals surface area contributed by atoms with Crippen molar-refractivity contribution >= 4 is 40.7 Å². The third-order valence-electron chi connectivity index (χ3n) is 3.42. The van der Waals surface area contributed by atoms with Gasteiger partial charge in [0.05, 0.1) is 0 Å². The molecule has 4 nitrogen and oxygen atoms in total. The van der Waals surface area contributed by atoms with E-state index >= 15 is 0 Å². The van der Waals surface area contributed by atoms with Gasteiger partial charge in [0.15, 0.2) is 0 Å². The lowest BCUT2D eigenvalue weighted by Gasteiger charge is -2.21. The number of hydrogen-bond donors (Lipinski definition) is 1. The van der Waals surface area contributed by atoms with Crippen molar-refractivity contribution in [3.63, 3.8) is 0 Å². The van der Waals surface area contributed by atoms with Gasteiger partial charge in [-0.1, -0.05) is 53.0 Å². The average Bonchev–Trinajstić information content (AvgIpc) is 2.47. The number of amides is 2. The van der Waals surface area contributed by atoms with Gasteiger partial charge in [0, 0.05) is 29.2 Å². The number of carbonyl (C=O) groups excluding carboxylic acids is 2. The molecule has 126 valence electrons. The van der Waals surface area contributed by atoms with Crippen LogP contribution in [-0.4, -0.2) is 23.3 Å². The Balaban J connectivity index is 2.02. The number of nitrogens with zero attached hydrogens (tertiary/aromatic N) is 1. The summed E-state index contributed by atoms with van der Waals surface area (Å²) in [6.45, 7) is 3.76. The number of anilines is 1. The summed E-state index contributed by atoms with van der Waals surface area (Å²) in [4.78, 5) is 25.5. The van der Waals surface area contributed by atoms with Crippen LogP contribution in [0.1, 0.15) is 18.1 Å². The first-order valence-electron chi connectivity index (χ1n) is 7.40. The minimum atomic E-state index is -0.310. The van der Waals surface area contributed by atoms with E-state index < -0.39 is 0 Å². The number of nitrogens with one attached hydrogen (secondary N) is 1. The predicted octanol–water partition coefficient (Wildman–Crippen LogP) is 4.29. The van der Waals surface area contributed by atoms with E-state index in [1.165, 1.54) is 11.8 Å². The van der Waals surface area contributed by atoms with Crippen LogP contribution in [0.3, 0.4) is 0 Å². The first kappa shape index (κ1) is 18.3. The van der Waals surface area contributed by atoms with Gasteiger partial charge >= 0.3 is 0 Å². The summed E-state index contributed by atoms with van der Waals surface area (Å²) < 4.78 is 0. The molecule has 0 radical (unpaired) electrons. The standard InChI is InChI=1S/C18H18Cl2N2O2/c1-12-3-5-14(6-4-12)10-22(13(2)23)11-18(24)21-17-8-15(19)7-16(20)9-17/h3-9H,10-11H2,1-2H3,(H,21,24). The van der Waals surface area contributed by atoms with Crippen LogP contribution >= 0.6 is 23.2 Å². The Bertz CT molecular complexity index is 725. The highest BCUT2D eigenvalue weighted by Crippen LogP contribution is 2.22. The van der Waals surface area contributed by atoms with Gasteiger partial charge in [-0.3, -0.25) is 9.59 Å². The summed E-state index contributed by atoms with van der Waals surface area (Å²) >= 11 is 11.8. The van der Waals surface area contributed by atoms with Crippen LogP contribution in [0.25, 0.3) is 0 Å². The molecule has 2 aromatic carbocycles. The van der Waals surface area contributed by atoms with Crippen molar-refractivity contribution in [3.8, 4) is 0 Å². The van der Waals surface area contributed by atoms with Crippen LogP contribution in [0.15, 0.2) is 42.5 Å². The maximum absolute atomic E-state index is 12.2. The fourth-order valence-electron chi connectivity index (χ4n) is 2.19. The van der Waals surface area contributed by atoms with Gasteiger partial charge in [-0.2, -0.15) is 0 Å². The molecule has 0 unspecified atom stereocenters. The van der Waals surface area contributed by atoms with E-state index in [0.717, 1.165) is 11.1 Å². The highest BCUT2D eigenvalue weighted by atomic mass is 35.5. The second-order valence-corrected chi connectivity index (χ2v) is 6.44. The van der Waals surface area contributed by atoms with Crippen LogP contribution < -0.4 is 5.32 Å². The van der Waals surface area contributed by atoms with Crippen molar-refractivity contribution in [2.24, 2.45) is 0 Å². The second kappa shape index (κ2) is 8.18. The Hall–Kier alpha value is -2.04. The molecule has 0 aliphatic carbocycles. The number of aryl methyl sites for hydroxylation is 1. The Labute approximate surface area is 151 Å². The molecule has 0 atom stereocenters. The van der Waals surface area contributed by atoms with E-state index in [2.05, 4.69) is 5.32 Å². The molecule has 24 heavy (non-hydrogen) atoms. The zero-order valence-corrected chi connectivity index (χ0v) is 15.0. The summed E-state index contributed by atoms with van der Waals surface area (Å²) in [6, 6.07) is 12.6. The Kier molecular flexibility index (Phi) is 6.23. The zero-order valence-electron chi connectivity index (χ0n) is 13.5. The Morgan fingerprint density at radius 1 is 1.04 bits per heavy atom. The summed E-state index contributed by atoms with van der Waals surface area (Å²) in [7, 11) is 0. The maximum Gasteiger partial charge on any atom is 0.244 e. The Morgan fingerprint density at radius 3 is 2.17 bits per heavy atom. The number of benzene rings is 2. The minimum absolute atomic E-state index is 0.0483. The number of rotatable bonds is 5. The summed E-state index contributed by atoms with van der Waals surface area (Å²) in [5, 5.41) is 3.56. The molecule has 2 rings (SSSR count). The van der Waals surface area contributed by atoms with Gasteiger partial charge in [0.2, 0.25) is 11.8 Å². The molecule has 0 saturated heterocycles. The minimum Gasteiger partial charge on any atom is -0.329 e. The van der Waals surface area contributed by atoms with Crippen molar-refractivity contribution < 1.29 is 9.59 Å². The second-order valence-electron chi connectivity index (χ2n) is 5.57. The van der Waals surface area contributed by atoms with Crippen molar-refractivity contribution in [2.75, 3.05) is 11.9 Å². The SMILES string of the molecule is CC(=O)N(CC(=O)Nc1cc(Cl)cc(Cl)c1)Cc1ccc(C)cc1. The highest BCUT2D eigenvalue weighted by molar-refractivity contribution is 6.35. The molecule has 0 fully saturated rings. The van der Waals surface area contributed by atoms with Crippen LogP contribution in [0.2, 0.25) is 10.0 Å². The van der Waals surface area contributed by atoms with Crippen molar-refractivity contribution in [1.82, 2.24) is 4.90 Å². The topological polar surface area (TPSA) is 49.4 Å². The molecule has 0 saturated carbocycles. The van der Waals surface area contributed by atoms with Crippen molar-refractivity contribution in [2.45, 2.75) is 20.4 Å². The lowest BCUT2D eigenvalue weighted by atomic mass is 10.1. The number of carbonyl (C=O) groups is 2. The van der Waals surface area contributed by atoms with Crippen LogP contribution in [-0.2, 0) is 16.1 Å². The van der Waals surface area contributed by atoms with E-state index in [9.17, 15) is 9.59 Å². The third kappa shape index (κ3) is 5.55. The molecule has 0 aliphatic rings. The monoisotopic (exact) mass is 364 g/mol. The van der Waals surface area contributed by atoms with Crippen LogP contribution in [0.4, 0.5) is 5.69 Å². The zero-order chi connectivity index (χ0) is 17.7. The van der Waals surface area contributed by atoms with E-state index in [1.54, 1.807) is 18.2 Å². The largest absolute Gasteiger partial charge is 0.329 e. The predicted molar refractivity (Wildman–Crippen MR) is 97.4 cm³/mol. The molecular weight excluding hydrogens is 347 g/mol. The van der Waals surface area contributed by atoms with Gasteiger partial charge in [0.1, 0.15) is 6.54 Å². The third-order valence-corrected chi connectivity index (χ3v) is 3.86. The van der Waals surface area contributed by atoms with Gasteiger partial charge in [0.25, 0.3) is 0 Å². The molecular formula is C18H18Cl2N2O2. The number of halogens is 2. The summed E-state index contributed by atoms with van der Waals surface area (Å²) in [5.41, 5.74) is 2.61. The summed E-state index contributed by atoms with van der Waals surface area (Å²) in [6.07, 6.45) is 0. The first-order chi connectivity index (χ1) is 11.3. The number of hydrogen-bond acceptors (Lipinski definition) is 2. The maximum atomic E-state index is 12.2. The Morgan fingerprint density at radius 2 is 1.62 bits per heavy atom. The van der Waals surface area contributed by atoms with E-state index in [1.807, 2.05) is 31.2 Å². The quantitative estimate of drug-likeness (QED) is 0.859. The van der Waals surface area contributed by atoms with Crippen molar-refractivity contribution in [3.05, 3.63) is 63.6 Å². The molecule has 0 aromatic heterocycles. The molecule has 0 aliphatic heterocycles. The molecule has 1 N–H and O–H groups in total. The van der Waals surface area contributed by atoms with Crippen molar-refractivity contribution in [1.29, 1.82) is 0 Å². The molecule has 2 aromatic rings. The lowest BCUT2D eigenvalue weighted by molar-refractivity contribution is -0.133. The van der Waals surface area contributed by atoms with E-state index in [-0.39, 0.29) is 18.4 Å². The van der Waals surface area contributed by atoms with Crippen LogP contribution in [0, 0.1) is 6.92 Å². The molecule has 0 heterocycles. The van der Waals surface area contributed by atoms with Gasteiger partial charge in [-0.25, -0.2) is 0 Å². The lowest BCUT2D eigenvalue weighted by Crippen LogP contribution is -2.36. The average molecular weight is 365 g/mol. The van der Waals surface area contributed by atoms with E-state index in [0.29, 0.717) is 22.3 Å². The molecule has 6 heteroatoms. The highest BCUT2D eigenvalue weighted by Gasteiger charge is 2.14.